The van der Waals surface area contributed by atoms with E-state index in [0.717, 1.165) is 0 Å². The summed E-state index contributed by atoms with van der Waals surface area (Å²) >= 11 is 1.54. The SMILES string of the molecule is CSCC[C@@H](NC(=O)c1ccccc1)C(=O)NNC(=O)COc1ccc(F)cc1. The Labute approximate surface area is 172 Å². The van der Waals surface area contributed by atoms with Crippen molar-refractivity contribution >= 4 is 29.5 Å². The van der Waals surface area contributed by atoms with E-state index in [9.17, 15) is 18.8 Å². The van der Waals surface area contributed by atoms with Crippen LogP contribution in [0, 0.1) is 5.82 Å². The fraction of sp³-hybridized carbons (Fsp3) is 0.250. The molecular formula is C20H22FN3O4S. The summed E-state index contributed by atoms with van der Waals surface area (Å²) in [7, 11) is 0. The van der Waals surface area contributed by atoms with Gasteiger partial charge >= 0.3 is 0 Å². The first-order valence-electron chi connectivity index (χ1n) is 8.81. The Hall–Kier alpha value is -3.07. The molecule has 29 heavy (non-hydrogen) atoms. The van der Waals surface area contributed by atoms with Gasteiger partial charge in [0.1, 0.15) is 17.6 Å². The van der Waals surface area contributed by atoms with Crippen LogP contribution in [0.2, 0.25) is 0 Å². The highest BCUT2D eigenvalue weighted by atomic mass is 32.2. The zero-order valence-electron chi connectivity index (χ0n) is 15.8. The fourth-order valence-corrected chi connectivity index (χ4v) is 2.74. The molecule has 0 aliphatic carbocycles. The van der Waals surface area contributed by atoms with Gasteiger partial charge in [0.25, 0.3) is 17.7 Å². The lowest BCUT2D eigenvalue weighted by molar-refractivity contribution is -0.130. The lowest BCUT2D eigenvalue weighted by Crippen LogP contribution is -2.53. The number of amides is 3. The second kappa shape index (κ2) is 11.7. The Balaban J connectivity index is 1.83. The van der Waals surface area contributed by atoms with Gasteiger partial charge in [0.05, 0.1) is 0 Å². The summed E-state index contributed by atoms with van der Waals surface area (Å²) in [6, 6.07) is 12.9. The highest BCUT2D eigenvalue weighted by Gasteiger charge is 2.21. The Bertz CT molecular complexity index is 818. The molecule has 9 heteroatoms. The molecule has 0 aliphatic heterocycles. The molecule has 3 N–H and O–H groups in total. The molecule has 0 spiro atoms. The number of hydrogen-bond acceptors (Lipinski definition) is 5. The molecule has 0 aromatic heterocycles. The van der Waals surface area contributed by atoms with Crippen LogP contribution in [0.15, 0.2) is 54.6 Å². The number of nitrogens with one attached hydrogen (secondary N) is 3. The Morgan fingerprint density at radius 1 is 1.03 bits per heavy atom. The van der Waals surface area contributed by atoms with Crippen LogP contribution in [0.4, 0.5) is 4.39 Å². The van der Waals surface area contributed by atoms with E-state index in [-0.39, 0.29) is 12.5 Å². The third kappa shape index (κ3) is 7.82. The van der Waals surface area contributed by atoms with Crippen molar-refractivity contribution in [2.75, 3.05) is 18.6 Å². The smallest absolute Gasteiger partial charge is 0.276 e. The summed E-state index contributed by atoms with van der Waals surface area (Å²) < 4.78 is 18.0. The van der Waals surface area contributed by atoms with Gasteiger partial charge in [0, 0.05) is 5.56 Å². The van der Waals surface area contributed by atoms with E-state index in [2.05, 4.69) is 16.2 Å². The molecule has 7 nitrogen and oxygen atoms in total. The Morgan fingerprint density at radius 2 is 1.72 bits per heavy atom. The van der Waals surface area contributed by atoms with Crippen LogP contribution in [-0.2, 0) is 9.59 Å². The van der Waals surface area contributed by atoms with E-state index >= 15 is 0 Å². The van der Waals surface area contributed by atoms with E-state index in [0.29, 0.717) is 23.5 Å². The quantitative estimate of drug-likeness (QED) is 0.540. The van der Waals surface area contributed by atoms with Crippen LogP contribution in [0.3, 0.4) is 0 Å². The van der Waals surface area contributed by atoms with Crippen LogP contribution in [0.1, 0.15) is 16.8 Å². The van der Waals surface area contributed by atoms with Crippen LogP contribution in [0.5, 0.6) is 5.75 Å². The van der Waals surface area contributed by atoms with Crippen LogP contribution >= 0.6 is 11.8 Å². The lowest BCUT2D eigenvalue weighted by atomic mass is 10.1. The topological polar surface area (TPSA) is 96.5 Å². The number of halogens is 1. The molecule has 154 valence electrons. The third-order valence-electron chi connectivity index (χ3n) is 3.78. The molecule has 0 radical (unpaired) electrons. The molecule has 0 fully saturated rings. The first kappa shape index (κ1) is 22.2. The summed E-state index contributed by atoms with van der Waals surface area (Å²) in [5.74, 6) is -0.963. The van der Waals surface area contributed by atoms with Gasteiger partial charge < -0.3 is 10.1 Å². The zero-order valence-corrected chi connectivity index (χ0v) is 16.6. The number of carbonyl (C=O) groups excluding carboxylic acids is 3. The monoisotopic (exact) mass is 419 g/mol. The van der Waals surface area contributed by atoms with Gasteiger partial charge in [-0.25, -0.2) is 4.39 Å². The zero-order chi connectivity index (χ0) is 21.1. The first-order valence-corrected chi connectivity index (χ1v) is 10.2. The summed E-state index contributed by atoms with van der Waals surface area (Å²) in [5.41, 5.74) is 4.97. The maximum absolute atomic E-state index is 12.8. The molecule has 2 rings (SSSR count). The number of hydrazine groups is 1. The lowest BCUT2D eigenvalue weighted by Gasteiger charge is -2.18. The third-order valence-corrected chi connectivity index (χ3v) is 4.42. The number of rotatable bonds is 9. The van der Waals surface area contributed by atoms with Crippen molar-refractivity contribution in [3.8, 4) is 5.75 Å². The van der Waals surface area contributed by atoms with E-state index in [4.69, 9.17) is 4.74 Å². The van der Waals surface area contributed by atoms with Gasteiger partial charge in [0.15, 0.2) is 6.61 Å². The van der Waals surface area contributed by atoms with Gasteiger partial charge in [-0.05, 0) is 54.8 Å². The van der Waals surface area contributed by atoms with Crippen molar-refractivity contribution in [3.05, 3.63) is 66.0 Å². The van der Waals surface area contributed by atoms with Crippen molar-refractivity contribution < 1.29 is 23.5 Å². The van der Waals surface area contributed by atoms with Gasteiger partial charge in [-0.1, -0.05) is 18.2 Å². The Kier molecular flexibility index (Phi) is 8.97. The minimum Gasteiger partial charge on any atom is -0.484 e. The number of ether oxygens (including phenoxy) is 1. The molecule has 1 atom stereocenters. The van der Waals surface area contributed by atoms with Crippen LogP contribution in [0.25, 0.3) is 0 Å². The molecule has 0 saturated heterocycles. The van der Waals surface area contributed by atoms with E-state index in [1.807, 2.05) is 6.26 Å². The number of hydrogen-bond donors (Lipinski definition) is 3. The van der Waals surface area contributed by atoms with Crippen molar-refractivity contribution in [1.29, 1.82) is 0 Å². The van der Waals surface area contributed by atoms with E-state index in [1.165, 1.54) is 36.0 Å². The van der Waals surface area contributed by atoms with Crippen LogP contribution < -0.4 is 20.9 Å². The van der Waals surface area contributed by atoms with Crippen molar-refractivity contribution in [3.63, 3.8) is 0 Å². The standard InChI is InChI=1S/C20H22FN3O4S/c1-29-12-11-17(22-19(26)14-5-3-2-4-6-14)20(27)24-23-18(25)13-28-16-9-7-15(21)8-10-16/h2-10,17H,11-13H2,1H3,(H,22,26)(H,23,25)(H,24,27)/t17-/m1/s1. The molecule has 0 saturated carbocycles. The highest BCUT2D eigenvalue weighted by molar-refractivity contribution is 7.98. The van der Waals surface area contributed by atoms with Crippen molar-refractivity contribution in [2.45, 2.75) is 12.5 Å². The predicted octanol–water partition coefficient (Wildman–Crippen LogP) is 1.90. The van der Waals surface area contributed by atoms with Gasteiger partial charge in [0.2, 0.25) is 0 Å². The normalized spacial score (nSPS) is 11.2. The van der Waals surface area contributed by atoms with Crippen LogP contribution in [-0.4, -0.2) is 42.4 Å². The molecule has 2 aromatic rings. The van der Waals surface area contributed by atoms with Crippen molar-refractivity contribution in [1.82, 2.24) is 16.2 Å². The molecular weight excluding hydrogens is 397 g/mol. The first-order chi connectivity index (χ1) is 14.0. The van der Waals surface area contributed by atoms with Gasteiger partial charge in [-0.2, -0.15) is 11.8 Å². The van der Waals surface area contributed by atoms with E-state index in [1.54, 1.807) is 30.3 Å². The summed E-state index contributed by atoms with van der Waals surface area (Å²) in [6.07, 6.45) is 2.29. The van der Waals surface area contributed by atoms with E-state index < -0.39 is 23.7 Å². The molecule has 3 amide bonds. The molecule has 2 aromatic carbocycles. The second-order valence-corrected chi connectivity index (χ2v) is 6.94. The molecule has 0 unspecified atom stereocenters. The molecule has 0 heterocycles. The Morgan fingerprint density at radius 3 is 2.38 bits per heavy atom. The number of thioether (sulfide) groups is 1. The predicted molar refractivity (Wildman–Crippen MR) is 109 cm³/mol. The summed E-state index contributed by atoms with van der Waals surface area (Å²) in [4.78, 5) is 36.6. The maximum Gasteiger partial charge on any atom is 0.276 e. The molecule has 0 aliphatic rings. The average Bonchev–Trinajstić information content (AvgIpc) is 2.75. The fourth-order valence-electron chi connectivity index (χ4n) is 2.27. The maximum atomic E-state index is 12.8. The highest BCUT2D eigenvalue weighted by Crippen LogP contribution is 2.10. The average molecular weight is 419 g/mol. The number of carbonyl (C=O) groups is 3. The second-order valence-electron chi connectivity index (χ2n) is 5.95. The molecule has 0 bridgehead atoms. The summed E-state index contributed by atoms with van der Waals surface area (Å²) in [5, 5.41) is 2.67. The summed E-state index contributed by atoms with van der Waals surface area (Å²) in [6.45, 7) is -0.363. The number of benzene rings is 2. The van der Waals surface area contributed by atoms with Gasteiger partial charge in [-0.3, -0.25) is 25.2 Å². The van der Waals surface area contributed by atoms with Crippen molar-refractivity contribution in [2.24, 2.45) is 0 Å². The minimum absolute atomic E-state index is 0.320. The largest absolute Gasteiger partial charge is 0.484 e. The van der Waals surface area contributed by atoms with Gasteiger partial charge in [-0.15, -0.1) is 0 Å². The minimum atomic E-state index is -0.812.